The number of aromatic nitrogens is 1. The van der Waals surface area contributed by atoms with Gasteiger partial charge in [0, 0.05) is 26.4 Å². The second kappa shape index (κ2) is 7.53. The van der Waals surface area contributed by atoms with E-state index in [1.54, 1.807) is 0 Å². The van der Waals surface area contributed by atoms with Crippen LogP contribution in [0, 0.1) is 0 Å². The number of nitrogens with zero attached hydrogens (tertiary/aromatic N) is 2. The first kappa shape index (κ1) is 19.1. The van der Waals surface area contributed by atoms with Gasteiger partial charge < -0.3 is 14.7 Å². The summed E-state index contributed by atoms with van der Waals surface area (Å²) in [5, 5.41) is 8.69. The van der Waals surface area contributed by atoms with Gasteiger partial charge in [0.05, 0.1) is 18.6 Å². The molecule has 0 fully saturated rings. The van der Waals surface area contributed by atoms with Crippen LogP contribution >= 0.6 is 0 Å². The molecule has 1 N–H and O–H groups in total. The standard InChI is InChI=1S/C13H15F5N2O3/c1-23-8-7-20(6-4-10(21)22)11-9(3-2-5-19-11)12(14,15)13(16,17)18/h2-3,5H,4,6-8H2,1H3,(H,21,22). The molecule has 0 bridgehead atoms. The molecule has 0 amide bonds. The first-order valence-corrected chi connectivity index (χ1v) is 6.47. The highest BCUT2D eigenvalue weighted by Crippen LogP contribution is 2.46. The van der Waals surface area contributed by atoms with Crippen LogP contribution in [0.2, 0.25) is 0 Å². The Labute approximate surface area is 128 Å². The minimum atomic E-state index is -5.79. The fraction of sp³-hybridized carbons (Fsp3) is 0.538. The number of carboxylic acid groups (broad SMARTS) is 1. The summed E-state index contributed by atoms with van der Waals surface area (Å²) < 4.78 is 69.9. The van der Waals surface area contributed by atoms with Gasteiger partial charge in [-0.25, -0.2) is 4.98 Å². The number of ether oxygens (including phenoxy) is 1. The zero-order chi connectivity index (χ0) is 17.7. The van der Waals surface area contributed by atoms with Crippen LogP contribution in [0.5, 0.6) is 0 Å². The average molecular weight is 342 g/mol. The molecule has 0 spiro atoms. The number of halogens is 5. The minimum Gasteiger partial charge on any atom is -0.481 e. The van der Waals surface area contributed by atoms with Crippen molar-refractivity contribution in [3.63, 3.8) is 0 Å². The lowest BCUT2D eigenvalue weighted by Crippen LogP contribution is -2.38. The van der Waals surface area contributed by atoms with Crippen LogP contribution < -0.4 is 4.90 Å². The third-order valence-electron chi connectivity index (χ3n) is 2.94. The van der Waals surface area contributed by atoms with Gasteiger partial charge in [-0.2, -0.15) is 22.0 Å². The highest BCUT2D eigenvalue weighted by Gasteiger charge is 2.60. The number of alkyl halides is 5. The Morgan fingerprint density at radius 2 is 1.96 bits per heavy atom. The van der Waals surface area contributed by atoms with Crippen molar-refractivity contribution < 1.29 is 36.6 Å². The summed E-state index contributed by atoms with van der Waals surface area (Å²) in [5.41, 5.74) is -1.33. The van der Waals surface area contributed by atoms with E-state index in [0.717, 1.165) is 17.2 Å². The molecule has 0 saturated carbocycles. The van der Waals surface area contributed by atoms with Crippen molar-refractivity contribution in [2.75, 3.05) is 31.7 Å². The third-order valence-corrected chi connectivity index (χ3v) is 2.94. The van der Waals surface area contributed by atoms with Crippen molar-refractivity contribution in [1.82, 2.24) is 4.98 Å². The Bertz CT molecular complexity index is 537. The molecule has 1 aromatic rings. The molecule has 0 aliphatic rings. The van der Waals surface area contributed by atoms with Gasteiger partial charge in [0.15, 0.2) is 0 Å². The van der Waals surface area contributed by atoms with Gasteiger partial charge in [-0.15, -0.1) is 0 Å². The lowest BCUT2D eigenvalue weighted by molar-refractivity contribution is -0.289. The maximum Gasteiger partial charge on any atom is 0.458 e. The highest BCUT2D eigenvalue weighted by molar-refractivity contribution is 5.67. The van der Waals surface area contributed by atoms with Crippen LogP contribution in [-0.4, -0.2) is 49.0 Å². The summed E-state index contributed by atoms with van der Waals surface area (Å²) in [5.74, 6) is -6.94. The monoisotopic (exact) mass is 342 g/mol. The van der Waals surface area contributed by atoms with E-state index in [-0.39, 0.29) is 19.7 Å². The summed E-state index contributed by atoms with van der Waals surface area (Å²) in [7, 11) is 1.32. The Hall–Kier alpha value is -1.97. The molecule has 0 radical (unpaired) electrons. The topological polar surface area (TPSA) is 62.7 Å². The molecule has 0 saturated heterocycles. The van der Waals surface area contributed by atoms with E-state index in [0.29, 0.717) is 6.07 Å². The molecule has 0 atom stereocenters. The average Bonchev–Trinajstić information content (AvgIpc) is 2.46. The van der Waals surface area contributed by atoms with Crippen molar-refractivity contribution in [1.29, 1.82) is 0 Å². The van der Waals surface area contributed by atoms with Gasteiger partial charge in [0.1, 0.15) is 5.82 Å². The summed E-state index contributed by atoms with van der Waals surface area (Å²) in [6.07, 6.45) is -5.17. The molecule has 0 aliphatic heterocycles. The number of carboxylic acids is 1. The number of methoxy groups -OCH3 is 1. The number of carbonyl (C=O) groups is 1. The maximum atomic E-state index is 13.7. The summed E-state index contributed by atoms with van der Waals surface area (Å²) in [6, 6.07) is 1.58. The predicted molar refractivity (Wildman–Crippen MR) is 70.5 cm³/mol. The Balaban J connectivity index is 3.23. The summed E-state index contributed by atoms with van der Waals surface area (Å²) >= 11 is 0. The van der Waals surface area contributed by atoms with Gasteiger partial charge >= 0.3 is 18.1 Å². The number of anilines is 1. The SMILES string of the molecule is COCCN(CCC(=O)O)c1ncccc1C(F)(F)C(F)(F)F. The fourth-order valence-corrected chi connectivity index (χ4v) is 1.80. The number of rotatable bonds is 8. The van der Waals surface area contributed by atoms with Crippen LogP contribution in [0.1, 0.15) is 12.0 Å². The number of hydrogen-bond acceptors (Lipinski definition) is 4. The van der Waals surface area contributed by atoms with Crippen LogP contribution in [0.25, 0.3) is 0 Å². The van der Waals surface area contributed by atoms with Gasteiger partial charge in [0.25, 0.3) is 0 Å². The largest absolute Gasteiger partial charge is 0.481 e. The first-order valence-electron chi connectivity index (χ1n) is 6.47. The van der Waals surface area contributed by atoms with Gasteiger partial charge in [-0.1, -0.05) is 0 Å². The second-order valence-corrected chi connectivity index (χ2v) is 4.57. The molecule has 10 heteroatoms. The van der Waals surface area contributed by atoms with E-state index < -0.39 is 35.9 Å². The predicted octanol–water partition coefficient (Wildman–Crippen LogP) is 2.66. The fourth-order valence-electron chi connectivity index (χ4n) is 1.80. The van der Waals surface area contributed by atoms with Gasteiger partial charge in [-0.3, -0.25) is 4.79 Å². The Morgan fingerprint density at radius 3 is 2.48 bits per heavy atom. The van der Waals surface area contributed by atoms with E-state index in [1.165, 1.54) is 7.11 Å². The highest BCUT2D eigenvalue weighted by atomic mass is 19.4. The summed E-state index contributed by atoms with van der Waals surface area (Å²) in [6.45, 7) is -0.356. The van der Waals surface area contributed by atoms with E-state index in [1.807, 2.05) is 0 Å². The van der Waals surface area contributed by atoms with Crippen molar-refractivity contribution >= 4 is 11.8 Å². The van der Waals surface area contributed by atoms with E-state index in [9.17, 15) is 26.7 Å². The van der Waals surface area contributed by atoms with E-state index in [2.05, 4.69) is 4.98 Å². The lowest BCUT2D eigenvalue weighted by atomic mass is 10.1. The number of hydrogen-bond donors (Lipinski definition) is 1. The molecule has 0 aromatic carbocycles. The van der Waals surface area contributed by atoms with Crippen LogP contribution in [0.15, 0.2) is 18.3 Å². The molecule has 23 heavy (non-hydrogen) atoms. The van der Waals surface area contributed by atoms with E-state index >= 15 is 0 Å². The molecular formula is C13H15F5N2O3. The van der Waals surface area contributed by atoms with Gasteiger partial charge in [0.2, 0.25) is 0 Å². The lowest BCUT2D eigenvalue weighted by Gasteiger charge is -2.28. The van der Waals surface area contributed by atoms with E-state index in [4.69, 9.17) is 9.84 Å². The summed E-state index contributed by atoms with van der Waals surface area (Å²) in [4.78, 5) is 15.3. The Kier molecular flexibility index (Phi) is 6.25. The van der Waals surface area contributed by atoms with Crippen molar-refractivity contribution in [2.24, 2.45) is 0 Å². The molecular weight excluding hydrogens is 327 g/mol. The molecule has 5 nitrogen and oxygen atoms in total. The molecule has 1 aromatic heterocycles. The second-order valence-electron chi connectivity index (χ2n) is 4.57. The van der Waals surface area contributed by atoms with Gasteiger partial charge in [-0.05, 0) is 12.1 Å². The van der Waals surface area contributed by atoms with Crippen molar-refractivity contribution in [2.45, 2.75) is 18.5 Å². The molecule has 0 aliphatic carbocycles. The third kappa shape index (κ3) is 4.75. The Morgan fingerprint density at radius 1 is 1.30 bits per heavy atom. The zero-order valence-corrected chi connectivity index (χ0v) is 12.1. The number of pyridine rings is 1. The number of aliphatic carboxylic acids is 1. The minimum absolute atomic E-state index is 0.00717. The molecule has 0 unspecified atom stereocenters. The smallest absolute Gasteiger partial charge is 0.458 e. The maximum absolute atomic E-state index is 13.7. The normalized spacial score (nSPS) is 12.3. The molecule has 1 rings (SSSR count). The molecule has 130 valence electrons. The van der Waals surface area contributed by atoms with Crippen molar-refractivity contribution in [3.8, 4) is 0 Å². The quantitative estimate of drug-likeness (QED) is 0.736. The van der Waals surface area contributed by atoms with Crippen LogP contribution in [0.3, 0.4) is 0 Å². The zero-order valence-electron chi connectivity index (χ0n) is 12.1. The van der Waals surface area contributed by atoms with Crippen LogP contribution in [-0.2, 0) is 15.5 Å². The first-order chi connectivity index (χ1) is 10.6. The van der Waals surface area contributed by atoms with Crippen LogP contribution in [0.4, 0.5) is 27.8 Å². The molecule has 1 heterocycles. The van der Waals surface area contributed by atoms with Crippen molar-refractivity contribution in [3.05, 3.63) is 23.9 Å².